The van der Waals surface area contributed by atoms with Crippen LogP contribution in [0, 0.1) is 35.5 Å². The normalized spacial score (nSPS) is 26.7. The number of halogens is 4. The van der Waals surface area contributed by atoms with Gasteiger partial charge in [0, 0.05) is 73.3 Å². The molecule has 95 heavy (non-hydrogen) atoms. The van der Waals surface area contributed by atoms with E-state index in [0.29, 0.717) is 12.8 Å². The quantitative estimate of drug-likeness (QED) is 0.0896. The lowest BCUT2D eigenvalue weighted by Crippen LogP contribution is -2.63. The van der Waals surface area contributed by atoms with Crippen LogP contribution in [0.2, 0.25) is 0 Å². The van der Waals surface area contributed by atoms with Gasteiger partial charge in [-0.15, -0.1) is 11.6 Å². The number of nitrogens with zero attached hydrogens (tertiary/aromatic N) is 7. The van der Waals surface area contributed by atoms with E-state index in [1.807, 2.05) is 48.5 Å². The molecule has 1 saturated heterocycles. The Morgan fingerprint density at radius 1 is 0.632 bits per heavy atom. The SMILES string of the molecule is CC[C@H](C)[C@@H]1NC(=O)[C@H](CC(C)C)N(C)C(=O)C[C@@H](C)NC(=O)[C@H](CC(C)C)N(C)C(=O)C(C)(C)NC(=O)[C@H](COCC(C)(C)O)N(C)C(=O)[C@H](CCC2CCC(C(F)(F)F)C(Cl)C2)NC(=O)CN(C)C(=O)[C@H](COCCC(C)C)N(C)C(=O)CN(C)C(=O)CN(CC)C1=O. The molecule has 11 amide bonds. The molecular weight excluding hydrogens is 1260 g/mol. The summed E-state index contributed by atoms with van der Waals surface area (Å²) in [4.78, 5) is 167. The van der Waals surface area contributed by atoms with Crippen LogP contribution in [0.15, 0.2) is 0 Å². The van der Waals surface area contributed by atoms with Gasteiger partial charge in [0.15, 0.2) is 0 Å². The summed E-state index contributed by atoms with van der Waals surface area (Å²) in [7, 11) is 8.02. The lowest BCUT2D eigenvalue weighted by atomic mass is 9.78. The molecular formula is C66H115ClF3N11O14. The summed E-state index contributed by atoms with van der Waals surface area (Å²) in [5, 5.41) is 20.5. The van der Waals surface area contributed by atoms with Gasteiger partial charge in [-0.25, -0.2) is 0 Å². The highest BCUT2D eigenvalue weighted by Gasteiger charge is 2.48. The molecule has 1 aliphatic carbocycles. The fourth-order valence-electron chi connectivity index (χ4n) is 11.4. The van der Waals surface area contributed by atoms with Crippen molar-refractivity contribution in [3.8, 4) is 0 Å². The van der Waals surface area contributed by atoms with Crippen molar-refractivity contribution in [2.24, 2.45) is 35.5 Å². The average molecular weight is 1380 g/mol. The number of rotatable bonds is 19. The van der Waals surface area contributed by atoms with Gasteiger partial charge in [0.1, 0.15) is 41.8 Å². The number of hydrogen-bond acceptors (Lipinski definition) is 14. The van der Waals surface area contributed by atoms with Crippen LogP contribution in [0.3, 0.4) is 0 Å². The highest BCUT2D eigenvalue weighted by molar-refractivity contribution is 6.20. The minimum absolute atomic E-state index is 0.0127. The van der Waals surface area contributed by atoms with Crippen molar-refractivity contribution in [3.05, 3.63) is 0 Å². The lowest BCUT2D eigenvalue weighted by Gasteiger charge is -2.38. The summed E-state index contributed by atoms with van der Waals surface area (Å²) >= 11 is 6.34. The third-order valence-electron chi connectivity index (χ3n) is 17.7. The Morgan fingerprint density at radius 2 is 1.19 bits per heavy atom. The topological polar surface area (TPSA) is 297 Å². The molecule has 11 atom stereocenters. The van der Waals surface area contributed by atoms with Crippen LogP contribution in [-0.2, 0) is 62.2 Å². The molecule has 3 unspecified atom stereocenters. The molecule has 2 aliphatic rings. The number of amides is 11. The first-order chi connectivity index (χ1) is 43.8. The van der Waals surface area contributed by atoms with Crippen molar-refractivity contribution < 1.29 is 80.5 Å². The maximum absolute atomic E-state index is 15.1. The molecule has 0 radical (unpaired) electrons. The monoisotopic (exact) mass is 1380 g/mol. The van der Waals surface area contributed by atoms with Gasteiger partial charge in [-0.3, -0.25) is 52.7 Å². The zero-order valence-electron chi connectivity index (χ0n) is 60.2. The number of ether oxygens (including phenoxy) is 2. The van der Waals surface area contributed by atoms with E-state index in [2.05, 4.69) is 21.3 Å². The number of nitrogens with one attached hydrogen (secondary N) is 4. The zero-order valence-corrected chi connectivity index (χ0v) is 61.0. The average Bonchev–Trinajstić information content (AvgIpc) is 0.834. The second-order valence-electron chi connectivity index (χ2n) is 28.7. The van der Waals surface area contributed by atoms with E-state index in [4.69, 9.17) is 21.1 Å². The summed E-state index contributed by atoms with van der Waals surface area (Å²) in [6.07, 6.45) is -3.93. The molecule has 546 valence electrons. The smallest absolute Gasteiger partial charge is 0.388 e. The largest absolute Gasteiger partial charge is 0.393 e. The Balaban J connectivity index is 2.92. The van der Waals surface area contributed by atoms with Gasteiger partial charge in [-0.1, -0.05) is 61.8 Å². The van der Waals surface area contributed by atoms with Crippen molar-refractivity contribution in [1.29, 1.82) is 0 Å². The third-order valence-corrected chi connectivity index (χ3v) is 18.2. The van der Waals surface area contributed by atoms with Gasteiger partial charge in [0.2, 0.25) is 65.0 Å². The van der Waals surface area contributed by atoms with Crippen LogP contribution < -0.4 is 21.3 Å². The second-order valence-corrected chi connectivity index (χ2v) is 29.3. The third kappa shape index (κ3) is 27.2. The van der Waals surface area contributed by atoms with Gasteiger partial charge in [0.25, 0.3) is 0 Å². The molecule has 0 aromatic heterocycles. The molecule has 0 spiro atoms. The van der Waals surface area contributed by atoms with Crippen LogP contribution in [0.5, 0.6) is 0 Å². The van der Waals surface area contributed by atoms with Gasteiger partial charge in [-0.05, 0) is 122 Å². The van der Waals surface area contributed by atoms with Crippen molar-refractivity contribution >= 4 is 76.6 Å². The first-order valence-corrected chi connectivity index (χ1v) is 33.9. The molecule has 25 nitrogen and oxygen atoms in total. The molecule has 2 fully saturated rings. The van der Waals surface area contributed by atoms with Gasteiger partial charge in [-0.2, -0.15) is 13.2 Å². The standard InChI is InChI=1S/C66H115ClF3N11O14/c1-21-42(9)56-62(91)81(22-2)35-54(84)75(15)34-55(85)78(18)51(37-94-28-27-39(3)4)61(90)76(16)33-52(82)72-47(26-24-44-23-25-45(46(67)32-44)66(68,69)70)60(89)79(19)50(36-95-38-64(11,12)93)59(88)74-65(13,14)63(92)80(20)49(30-41(7)8)57(86)71-43(10)31-53(83)77(17)48(29-40(5)6)58(87)73-56/h39-51,56,93H,21-38H2,1-20H3,(H,71,86)(H,72,82)(H,73,87)(H,74,88)/t42-,43+,44?,45?,46?,47-,48-,49-,50-,51-,56-/m0/s1. The Bertz CT molecular complexity index is 2590. The minimum Gasteiger partial charge on any atom is -0.388 e. The summed E-state index contributed by atoms with van der Waals surface area (Å²) in [6, 6.07) is -8.80. The molecule has 0 aromatic rings. The van der Waals surface area contributed by atoms with Crippen LogP contribution in [0.4, 0.5) is 13.2 Å². The van der Waals surface area contributed by atoms with E-state index in [-0.39, 0.29) is 95.5 Å². The Hall–Kier alpha value is -5.87. The van der Waals surface area contributed by atoms with Crippen LogP contribution in [0.25, 0.3) is 0 Å². The lowest BCUT2D eigenvalue weighted by molar-refractivity contribution is -0.182. The molecule has 2 rings (SSSR count). The molecule has 1 aliphatic heterocycles. The summed E-state index contributed by atoms with van der Waals surface area (Å²) in [5.74, 6) is -10.9. The molecule has 5 N–H and O–H groups in total. The first kappa shape index (κ1) is 85.2. The fraction of sp³-hybridized carbons (Fsp3) is 0.833. The fourth-order valence-corrected chi connectivity index (χ4v) is 11.9. The second kappa shape index (κ2) is 38.3. The Labute approximate surface area is 567 Å². The van der Waals surface area contributed by atoms with Gasteiger partial charge < -0.3 is 70.1 Å². The summed E-state index contributed by atoms with van der Waals surface area (Å²) < 4.78 is 53.6. The van der Waals surface area contributed by atoms with Crippen molar-refractivity contribution in [3.63, 3.8) is 0 Å². The number of alkyl halides is 4. The van der Waals surface area contributed by atoms with E-state index in [1.54, 1.807) is 20.8 Å². The molecule has 0 aromatic carbocycles. The first-order valence-electron chi connectivity index (χ1n) is 33.4. The van der Waals surface area contributed by atoms with Crippen LogP contribution >= 0.6 is 11.6 Å². The van der Waals surface area contributed by atoms with E-state index in [9.17, 15) is 66.2 Å². The van der Waals surface area contributed by atoms with Crippen LogP contribution in [0.1, 0.15) is 161 Å². The number of carbonyl (C=O) groups is 11. The minimum atomic E-state index is -4.55. The van der Waals surface area contributed by atoms with E-state index < -0.39 is 174 Å². The highest BCUT2D eigenvalue weighted by Crippen LogP contribution is 2.43. The zero-order chi connectivity index (χ0) is 72.9. The predicted octanol–water partition coefficient (Wildman–Crippen LogP) is 4.19. The van der Waals surface area contributed by atoms with Gasteiger partial charge >= 0.3 is 6.18 Å². The Kier molecular flexibility index (Phi) is 34.4. The summed E-state index contributed by atoms with van der Waals surface area (Å²) in [6.45, 7) is 20.9. The molecule has 1 saturated carbocycles. The number of likely N-dealkylation sites (N-methyl/N-ethyl adjacent to an activating group) is 7. The molecule has 29 heteroatoms. The maximum Gasteiger partial charge on any atom is 0.393 e. The number of aliphatic hydroxyl groups is 1. The van der Waals surface area contributed by atoms with Crippen molar-refractivity contribution in [2.75, 3.05) is 94.9 Å². The molecule has 0 bridgehead atoms. The highest BCUT2D eigenvalue weighted by atomic mass is 35.5. The molecule has 1 heterocycles. The Morgan fingerprint density at radius 3 is 1.72 bits per heavy atom. The van der Waals surface area contributed by atoms with Crippen LogP contribution in [-0.4, -0.2) is 264 Å². The number of carbonyl (C=O) groups excluding carboxylic acids is 11. The van der Waals surface area contributed by atoms with E-state index >= 15 is 4.79 Å². The predicted molar refractivity (Wildman–Crippen MR) is 354 cm³/mol. The van der Waals surface area contributed by atoms with Gasteiger partial charge in [0.05, 0.1) is 51.0 Å². The summed E-state index contributed by atoms with van der Waals surface area (Å²) in [5.41, 5.74) is -3.27. The van der Waals surface area contributed by atoms with Crippen molar-refractivity contribution in [2.45, 2.75) is 226 Å². The number of hydrogen-bond donors (Lipinski definition) is 5. The van der Waals surface area contributed by atoms with E-state index in [1.165, 1.54) is 84.7 Å². The van der Waals surface area contributed by atoms with E-state index in [0.717, 1.165) is 19.6 Å². The van der Waals surface area contributed by atoms with Crippen molar-refractivity contribution in [1.82, 2.24) is 55.6 Å². The maximum atomic E-state index is 15.1.